The van der Waals surface area contributed by atoms with Crippen LogP contribution < -0.4 is 4.90 Å². The van der Waals surface area contributed by atoms with Crippen molar-refractivity contribution in [2.24, 2.45) is 0 Å². The first-order chi connectivity index (χ1) is 31.2. The molecular formula is C61H43NS. The van der Waals surface area contributed by atoms with Crippen molar-refractivity contribution in [1.29, 1.82) is 0 Å². The molecule has 0 atom stereocenters. The second kappa shape index (κ2) is 16.3. The smallest absolute Gasteiger partial charge is 0.0713 e. The second-order valence-corrected chi connectivity index (χ2v) is 17.2. The molecule has 0 spiro atoms. The summed E-state index contributed by atoms with van der Waals surface area (Å²) >= 11 is 1.85. The van der Waals surface area contributed by atoms with Gasteiger partial charge < -0.3 is 4.90 Å². The summed E-state index contributed by atoms with van der Waals surface area (Å²) < 4.78 is 0. The number of allylic oxidation sites excluding steroid dienone is 4. The minimum atomic E-state index is -0.475. The molecule has 0 fully saturated rings. The summed E-state index contributed by atoms with van der Waals surface area (Å²) in [6, 6.07) is 83.7. The van der Waals surface area contributed by atoms with E-state index in [0.29, 0.717) is 0 Å². The fourth-order valence-electron chi connectivity index (χ4n) is 9.59. The number of nitrogens with zero attached hydrogens (tertiary/aromatic N) is 1. The van der Waals surface area contributed by atoms with Crippen molar-refractivity contribution in [3.05, 3.63) is 289 Å². The van der Waals surface area contributed by atoms with Gasteiger partial charge in [0.25, 0.3) is 0 Å². The van der Waals surface area contributed by atoms with Gasteiger partial charge in [-0.05, 0) is 109 Å². The van der Waals surface area contributed by atoms with Crippen LogP contribution in [0, 0.1) is 0 Å². The number of benzene rings is 9. The standard InChI is InChI=1S/C61H43NS/c1-43-17-16-28-58(63-60-54(43)41-42-57-59(60)55-26-14-15-27-56(55)61(57,49-22-10-4-11-23-49)50-24-12-5-13-25-50)48-33-39-53(40-34-48)62(51-35-29-46(30-36-51)44-18-6-2-7-19-44)52-37-31-47(32-38-52)45-20-8-3-9-21-45/h2-42H,1H2/b17-16-,58-28-. The lowest BCUT2D eigenvalue weighted by Crippen LogP contribution is -2.28. The highest BCUT2D eigenvalue weighted by atomic mass is 32.2. The number of thioether (sulfide) groups is 1. The van der Waals surface area contributed by atoms with Gasteiger partial charge in [0.1, 0.15) is 0 Å². The summed E-state index contributed by atoms with van der Waals surface area (Å²) in [4.78, 5) is 4.76. The van der Waals surface area contributed by atoms with Gasteiger partial charge in [0.2, 0.25) is 0 Å². The molecule has 298 valence electrons. The molecule has 63 heavy (non-hydrogen) atoms. The van der Waals surface area contributed by atoms with Crippen molar-refractivity contribution in [3.63, 3.8) is 0 Å². The van der Waals surface area contributed by atoms with Crippen molar-refractivity contribution in [2.45, 2.75) is 10.3 Å². The topological polar surface area (TPSA) is 3.24 Å². The molecule has 9 aromatic carbocycles. The molecule has 0 bridgehead atoms. The summed E-state index contributed by atoms with van der Waals surface area (Å²) in [6.07, 6.45) is 6.55. The lowest BCUT2D eigenvalue weighted by molar-refractivity contribution is 0.767. The Bertz CT molecular complexity index is 3030. The van der Waals surface area contributed by atoms with Gasteiger partial charge >= 0.3 is 0 Å². The van der Waals surface area contributed by atoms with E-state index in [1.165, 1.54) is 65.4 Å². The van der Waals surface area contributed by atoms with Gasteiger partial charge in [-0.3, -0.25) is 0 Å². The number of rotatable bonds is 8. The predicted octanol–water partition coefficient (Wildman–Crippen LogP) is 16.6. The minimum Gasteiger partial charge on any atom is -0.311 e. The molecule has 0 saturated heterocycles. The third-order valence-electron chi connectivity index (χ3n) is 12.6. The first-order valence-corrected chi connectivity index (χ1v) is 22.3. The van der Waals surface area contributed by atoms with Gasteiger partial charge in [-0.2, -0.15) is 0 Å². The van der Waals surface area contributed by atoms with Crippen LogP contribution in [0.4, 0.5) is 17.1 Å². The van der Waals surface area contributed by atoms with E-state index < -0.39 is 5.41 Å². The van der Waals surface area contributed by atoms with Crippen LogP contribution in [0.5, 0.6) is 0 Å². The predicted molar refractivity (Wildman–Crippen MR) is 268 cm³/mol. The highest BCUT2D eigenvalue weighted by Crippen LogP contribution is 2.60. The highest BCUT2D eigenvalue weighted by Gasteiger charge is 2.47. The molecule has 0 saturated carbocycles. The highest BCUT2D eigenvalue weighted by molar-refractivity contribution is 8.08. The molecule has 9 aromatic rings. The van der Waals surface area contributed by atoms with Crippen molar-refractivity contribution >= 4 is 39.3 Å². The molecule has 0 radical (unpaired) electrons. The Balaban J connectivity index is 1.01. The first kappa shape index (κ1) is 38.3. The van der Waals surface area contributed by atoms with Crippen molar-refractivity contribution < 1.29 is 0 Å². The van der Waals surface area contributed by atoms with E-state index in [2.05, 4.69) is 260 Å². The Kier molecular flexibility index (Phi) is 9.92. The molecule has 0 amide bonds. The summed E-state index contributed by atoms with van der Waals surface area (Å²) in [5.41, 5.74) is 18.6. The molecule has 1 aliphatic carbocycles. The van der Waals surface area contributed by atoms with Crippen LogP contribution in [0.1, 0.15) is 33.4 Å². The molecular weight excluding hydrogens is 779 g/mol. The second-order valence-electron chi connectivity index (χ2n) is 16.1. The van der Waals surface area contributed by atoms with Crippen LogP contribution in [0.2, 0.25) is 0 Å². The normalized spacial score (nSPS) is 14.9. The Labute approximate surface area is 374 Å². The summed E-state index contributed by atoms with van der Waals surface area (Å²) in [7, 11) is 0. The molecule has 2 heteroatoms. The quantitative estimate of drug-likeness (QED) is 0.150. The maximum Gasteiger partial charge on any atom is 0.0713 e. The molecule has 0 aromatic heterocycles. The van der Waals surface area contributed by atoms with Gasteiger partial charge in [-0.25, -0.2) is 0 Å². The molecule has 2 aliphatic rings. The van der Waals surface area contributed by atoms with Crippen molar-refractivity contribution in [2.75, 3.05) is 4.90 Å². The van der Waals surface area contributed by atoms with Crippen LogP contribution in [0.15, 0.2) is 260 Å². The van der Waals surface area contributed by atoms with E-state index in [9.17, 15) is 0 Å². The summed E-state index contributed by atoms with van der Waals surface area (Å²) in [6.45, 7) is 4.59. The largest absolute Gasteiger partial charge is 0.311 e. The van der Waals surface area contributed by atoms with Crippen LogP contribution >= 0.6 is 11.8 Å². The maximum absolute atomic E-state index is 4.59. The Hall–Kier alpha value is -7.65. The molecule has 1 aliphatic heterocycles. The monoisotopic (exact) mass is 821 g/mol. The lowest BCUT2D eigenvalue weighted by atomic mass is 9.67. The number of hydrogen-bond donors (Lipinski definition) is 0. The van der Waals surface area contributed by atoms with E-state index in [4.69, 9.17) is 0 Å². The maximum atomic E-state index is 4.59. The SMILES string of the molecule is C=C1/C=C\C=C(\c2ccc(N(c3ccc(-c4ccccc4)cc3)c3ccc(-c4ccccc4)cc3)cc2)Sc2c1ccc1c2-c2ccccc2C1(c1ccccc1)c1ccccc1. The molecule has 0 N–H and O–H groups in total. The summed E-state index contributed by atoms with van der Waals surface area (Å²) in [5, 5.41) is 0. The van der Waals surface area contributed by atoms with E-state index in [0.717, 1.165) is 33.8 Å². The fraction of sp³-hybridized carbons (Fsp3) is 0.0164. The van der Waals surface area contributed by atoms with Gasteiger partial charge in [-0.15, -0.1) is 0 Å². The first-order valence-electron chi connectivity index (χ1n) is 21.5. The van der Waals surface area contributed by atoms with Crippen LogP contribution in [-0.2, 0) is 5.41 Å². The van der Waals surface area contributed by atoms with Gasteiger partial charge in [-0.1, -0.05) is 225 Å². The van der Waals surface area contributed by atoms with E-state index in [-0.39, 0.29) is 0 Å². The average Bonchev–Trinajstić information content (AvgIpc) is 3.66. The van der Waals surface area contributed by atoms with Crippen LogP contribution in [0.25, 0.3) is 43.9 Å². The van der Waals surface area contributed by atoms with Crippen LogP contribution in [0.3, 0.4) is 0 Å². The lowest BCUT2D eigenvalue weighted by Gasteiger charge is -2.34. The summed E-state index contributed by atoms with van der Waals surface area (Å²) in [5.74, 6) is 0. The Morgan fingerprint density at radius 1 is 0.381 bits per heavy atom. The van der Waals surface area contributed by atoms with Crippen LogP contribution in [-0.4, -0.2) is 0 Å². The zero-order valence-corrected chi connectivity index (χ0v) is 35.6. The fourth-order valence-corrected chi connectivity index (χ4v) is 10.8. The zero-order chi connectivity index (χ0) is 42.2. The van der Waals surface area contributed by atoms with E-state index in [1.54, 1.807) is 0 Å². The van der Waals surface area contributed by atoms with Crippen molar-refractivity contribution in [3.8, 4) is 33.4 Å². The van der Waals surface area contributed by atoms with Crippen molar-refractivity contribution in [1.82, 2.24) is 0 Å². The van der Waals surface area contributed by atoms with E-state index >= 15 is 0 Å². The Morgan fingerprint density at radius 3 is 1.35 bits per heavy atom. The van der Waals surface area contributed by atoms with Gasteiger partial charge in [0.05, 0.1) is 5.41 Å². The minimum absolute atomic E-state index is 0.475. The van der Waals surface area contributed by atoms with E-state index in [1.807, 2.05) is 11.8 Å². The molecule has 1 heterocycles. The number of anilines is 3. The third-order valence-corrected chi connectivity index (χ3v) is 13.8. The number of hydrogen-bond acceptors (Lipinski definition) is 2. The van der Waals surface area contributed by atoms with Gasteiger partial charge in [0, 0.05) is 32.4 Å². The number of fused-ring (bicyclic) bond motifs is 5. The zero-order valence-electron chi connectivity index (χ0n) is 34.7. The molecule has 11 rings (SSSR count). The average molecular weight is 822 g/mol. The molecule has 0 unspecified atom stereocenters. The molecule has 1 nitrogen and oxygen atoms in total. The Morgan fingerprint density at radius 2 is 0.825 bits per heavy atom. The van der Waals surface area contributed by atoms with Gasteiger partial charge in [0.15, 0.2) is 0 Å². The third kappa shape index (κ3) is 6.77.